The Morgan fingerprint density at radius 2 is 2.15 bits per heavy atom. The maximum absolute atomic E-state index is 11.2. The molecule has 0 aliphatic heterocycles. The third kappa shape index (κ3) is 6.54. The minimum atomic E-state index is -0.349. The Kier molecular flexibility index (Phi) is 7.63. The molecule has 5 N–H and O–H groups in total. The average Bonchev–Trinajstić information content (AvgIpc) is 2.14. The minimum Gasteiger partial charge on any atom is -0.355 e. The van der Waals surface area contributed by atoms with Crippen LogP contribution in [0, 0.1) is 0 Å². The molecule has 1 unspecified atom stereocenters. The van der Waals surface area contributed by atoms with Crippen molar-refractivity contribution >= 4 is 5.91 Å². The van der Waals surface area contributed by atoms with E-state index in [4.69, 9.17) is 11.5 Å². The number of hydrogen-bond donors (Lipinski definition) is 3. The fourth-order valence-corrected chi connectivity index (χ4v) is 1.000. The van der Waals surface area contributed by atoms with Gasteiger partial charge in [-0.3, -0.25) is 4.79 Å². The highest BCUT2D eigenvalue weighted by Crippen LogP contribution is 1.97. The zero-order chi connectivity index (χ0) is 10.1. The Morgan fingerprint density at radius 1 is 1.46 bits per heavy atom. The van der Waals surface area contributed by atoms with E-state index in [-0.39, 0.29) is 11.9 Å². The van der Waals surface area contributed by atoms with Gasteiger partial charge in [-0.2, -0.15) is 0 Å². The van der Waals surface area contributed by atoms with E-state index in [1.165, 1.54) is 0 Å². The molecule has 0 aliphatic carbocycles. The summed E-state index contributed by atoms with van der Waals surface area (Å²) < 4.78 is 0. The number of amides is 1. The van der Waals surface area contributed by atoms with E-state index in [1.807, 2.05) is 0 Å². The summed E-state index contributed by atoms with van der Waals surface area (Å²) in [7, 11) is 0. The van der Waals surface area contributed by atoms with Gasteiger partial charge in [0.1, 0.15) is 0 Å². The molecule has 0 aliphatic rings. The molecular weight excluding hydrogens is 166 g/mol. The predicted octanol–water partition coefficient (Wildman–Crippen LogP) is -0.0311. The minimum absolute atomic E-state index is 0.0538. The Balaban J connectivity index is 3.45. The third-order valence-electron chi connectivity index (χ3n) is 1.89. The third-order valence-corrected chi connectivity index (χ3v) is 1.89. The molecule has 0 saturated carbocycles. The lowest BCUT2D eigenvalue weighted by atomic mass is 10.1. The van der Waals surface area contributed by atoms with Crippen molar-refractivity contribution in [2.75, 3.05) is 13.1 Å². The maximum atomic E-state index is 11.2. The Hall–Kier alpha value is -0.610. The van der Waals surface area contributed by atoms with Crippen molar-refractivity contribution in [3.05, 3.63) is 0 Å². The molecule has 1 atom stereocenters. The first-order valence-electron chi connectivity index (χ1n) is 4.95. The van der Waals surface area contributed by atoms with Crippen LogP contribution in [0.15, 0.2) is 0 Å². The first kappa shape index (κ1) is 12.4. The molecule has 4 heteroatoms. The Bertz CT molecular complexity index is 139. The summed E-state index contributed by atoms with van der Waals surface area (Å²) in [5.74, 6) is -0.0538. The van der Waals surface area contributed by atoms with Crippen molar-refractivity contribution in [3.63, 3.8) is 0 Å². The van der Waals surface area contributed by atoms with Crippen LogP contribution in [-0.2, 0) is 4.79 Å². The van der Waals surface area contributed by atoms with Crippen LogP contribution in [0.3, 0.4) is 0 Å². The smallest absolute Gasteiger partial charge is 0.236 e. The van der Waals surface area contributed by atoms with Crippen LogP contribution in [0.2, 0.25) is 0 Å². The summed E-state index contributed by atoms with van der Waals surface area (Å²) in [6, 6.07) is -0.349. The van der Waals surface area contributed by atoms with Gasteiger partial charge >= 0.3 is 0 Å². The normalized spacial score (nSPS) is 12.5. The van der Waals surface area contributed by atoms with Gasteiger partial charge in [0.2, 0.25) is 5.91 Å². The van der Waals surface area contributed by atoms with E-state index in [0.29, 0.717) is 13.1 Å². The summed E-state index contributed by atoms with van der Waals surface area (Å²) >= 11 is 0. The lowest BCUT2D eigenvalue weighted by Crippen LogP contribution is -2.41. The SMILES string of the molecule is CCCCC(N)C(=O)NCCCN. The van der Waals surface area contributed by atoms with Gasteiger partial charge in [-0.15, -0.1) is 0 Å². The second-order valence-corrected chi connectivity index (χ2v) is 3.18. The molecule has 13 heavy (non-hydrogen) atoms. The van der Waals surface area contributed by atoms with Gasteiger partial charge in [0, 0.05) is 6.54 Å². The number of carbonyl (C=O) groups excluding carboxylic acids is 1. The topological polar surface area (TPSA) is 81.1 Å². The van der Waals surface area contributed by atoms with Gasteiger partial charge in [0.25, 0.3) is 0 Å². The number of nitrogens with one attached hydrogen (secondary N) is 1. The van der Waals surface area contributed by atoms with Gasteiger partial charge in [-0.1, -0.05) is 19.8 Å². The summed E-state index contributed by atoms with van der Waals surface area (Å²) in [5, 5.41) is 2.75. The highest BCUT2D eigenvalue weighted by atomic mass is 16.2. The fraction of sp³-hybridized carbons (Fsp3) is 0.889. The molecule has 0 rings (SSSR count). The average molecular weight is 187 g/mol. The standard InChI is InChI=1S/C9H21N3O/c1-2-3-5-8(11)9(13)12-7-4-6-10/h8H,2-7,10-11H2,1H3,(H,12,13). The molecule has 0 fully saturated rings. The van der Waals surface area contributed by atoms with Crippen molar-refractivity contribution < 1.29 is 4.79 Å². The van der Waals surface area contributed by atoms with Crippen LogP contribution in [0.25, 0.3) is 0 Å². The lowest BCUT2D eigenvalue weighted by Gasteiger charge is -2.10. The molecule has 0 spiro atoms. The van der Waals surface area contributed by atoms with E-state index >= 15 is 0 Å². The largest absolute Gasteiger partial charge is 0.355 e. The van der Waals surface area contributed by atoms with Crippen LogP contribution >= 0.6 is 0 Å². The number of unbranched alkanes of at least 4 members (excludes halogenated alkanes) is 1. The molecule has 0 radical (unpaired) electrons. The number of hydrogen-bond acceptors (Lipinski definition) is 3. The summed E-state index contributed by atoms with van der Waals surface area (Å²) in [6.45, 7) is 3.32. The van der Waals surface area contributed by atoms with E-state index in [9.17, 15) is 4.79 Å². The summed E-state index contributed by atoms with van der Waals surface area (Å²) in [6.07, 6.45) is 3.66. The molecule has 0 aromatic carbocycles. The summed E-state index contributed by atoms with van der Waals surface area (Å²) in [4.78, 5) is 11.2. The number of rotatable bonds is 7. The molecule has 4 nitrogen and oxygen atoms in total. The van der Waals surface area contributed by atoms with Gasteiger partial charge < -0.3 is 16.8 Å². The van der Waals surface area contributed by atoms with Crippen molar-refractivity contribution in [1.82, 2.24) is 5.32 Å². The molecule has 78 valence electrons. The zero-order valence-corrected chi connectivity index (χ0v) is 8.38. The molecular formula is C9H21N3O. The highest BCUT2D eigenvalue weighted by Gasteiger charge is 2.10. The molecule has 0 saturated heterocycles. The van der Waals surface area contributed by atoms with Gasteiger partial charge in [0.15, 0.2) is 0 Å². The van der Waals surface area contributed by atoms with Crippen molar-refractivity contribution in [2.45, 2.75) is 38.6 Å². The van der Waals surface area contributed by atoms with Crippen molar-refractivity contribution in [2.24, 2.45) is 11.5 Å². The lowest BCUT2D eigenvalue weighted by molar-refractivity contribution is -0.122. The van der Waals surface area contributed by atoms with Crippen LogP contribution in [0.5, 0.6) is 0 Å². The quantitative estimate of drug-likeness (QED) is 0.489. The molecule has 0 aromatic heterocycles. The Labute approximate surface area is 80.0 Å². The van der Waals surface area contributed by atoms with Gasteiger partial charge in [-0.05, 0) is 19.4 Å². The fourth-order valence-electron chi connectivity index (χ4n) is 1.000. The van der Waals surface area contributed by atoms with E-state index in [2.05, 4.69) is 12.2 Å². The van der Waals surface area contributed by atoms with Crippen LogP contribution < -0.4 is 16.8 Å². The van der Waals surface area contributed by atoms with E-state index < -0.39 is 0 Å². The van der Waals surface area contributed by atoms with Crippen molar-refractivity contribution in [1.29, 1.82) is 0 Å². The van der Waals surface area contributed by atoms with Crippen molar-refractivity contribution in [3.8, 4) is 0 Å². The number of nitrogens with two attached hydrogens (primary N) is 2. The van der Waals surface area contributed by atoms with Gasteiger partial charge in [-0.25, -0.2) is 0 Å². The first-order valence-corrected chi connectivity index (χ1v) is 4.95. The number of carbonyl (C=O) groups is 1. The predicted molar refractivity (Wildman–Crippen MR) is 54.2 cm³/mol. The molecule has 1 amide bonds. The van der Waals surface area contributed by atoms with Gasteiger partial charge in [0.05, 0.1) is 6.04 Å². The summed E-state index contributed by atoms with van der Waals surface area (Å²) in [5.41, 5.74) is 10.9. The molecule has 0 aromatic rings. The maximum Gasteiger partial charge on any atom is 0.236 e. The van der Waals surface area contributed by atoms with Crippen LogP contribution in [0.1, 0.15) is 32.6 Å². The second kappa shape index (κ2) is 8.01. The monoisotopic (exact) mass is 187 g/mol. The molecule has 0 heterocycles. The Morgan fingerprint density at radius 3 is 2.69 bits per heavy atom. The van der Waals surface area contributed by atoms with E-state index in [1.54, 1.807) is 0 Å². The zero-order valence-electron chi connectivity index (χ0n) is 8.38. The van der Waals surface area contributed by atoms with Crippen LogP contribution in [-0.4, -0.2) is 25.0 Å². The van der Waals surface area contributed by atoms with Crippen LogP contribution in [0.4, 0.5) is 0 Å². The highest BCUT2D eigenvalue weighted by molar-refractivity contribution is 5.81. The molecule has 0 bridgehead atoms. The second-order valence-electron chi connectivity index (χ2n) is 3.18. The first-order chi connectivity index (χ1) is 6.22. The van der Waals surface area contributed by atoms with E-state index in [0.717, 1.165) is 25.7 Å².